The Morgan fingerprint density at radius 2 is 1.09 bits per heavy atom. The molecule has 0 bridgehead atoms. The number of aldehydes is 1. The lowest BCUT2D eigenvalue weighted by molar-refractivity contribution is -0.332. The van der Waals surface area contributed by atoms with Crippen LogP contribution in [0.5, 0.6) is 5.75 Å². The van der Waals surface area contributed by atoms with Gasteiger partial charge >= 0.3 is 0 Å². The Hall–Kier alpha value is -11.4. The number of carbonyl (C=O) groups is 2. The lowest BCUT2D eigenvalue weighted by Gasteiger charge is -2.34. The van der Waals surface area contributed by atoms with E-state index in [0.717, 1.165) is 23.1 Å². The number of ether oxygens (including phenoxy) is 1. The number of hydrogen-bond acceptors (Lipinski definition) is 5. The fraction of sp³-hybridized carbons (Fsp3) is 0.141. The number of Topliss-reactive ketones (excluding diaryl/α,β-unsaturated/α-hetero) is 1. The molecule has 6 nitrogen and oxygen atoms in total. The largest absolute Gasteiger partial charge is 0.497 e. The van der Waals surface area contributed by atoms with E-state index in [4.69, 9.17) is 17.6 Å². The van der Waals surface area contributed by atoms with Crippen LogP contribution >= 0.6 is 0 Å². The number of benzene rings is 2. The van der Waals surface area contributed by atoms with Gasteiger partial charge in [0.1, 0.15) is 12.0 Å². The zero-order valence-electron chi connectivity index (χ0n) is 38.1. The number of fused-ring (bicyclic) bond motifs is 2. The Morgan fingerprint density at radius 3 is 1.54 bits per heavy atom. The number of methoxy groups -OCH3 is 1. The second-order valence-corrected chi connectivity index (χ2v) is 14.8. The van der Waals surface area contributed by atoms with E-state index in [0.29, 0.717) is 28.4 Å². The maximum atomic E-state index is 14.1. The van der Waals surface area contributed by atoms with Gasteiger partial charge in [-0.3, -0.25) is 14.5 Å². The lowest BCUT2D eigenvalue weighted by Crippen LogP contribution is -2.46. The summed E-state index contributed by atoms with van der Waals surface area (Å²) in [7, 11) is 1.58. The lowest BCUT2D eigenvalue weighted by atomic mass is 9.71. The molecule has 1 saturated carbocycles. The molecule has 0 saturated heterocycles. The molecule has 0 radical (unpaired) electrons. The van der Waals surface area contributed by atoms with Crippen molar-refractivity contribution in [1.82, 2.24) is 0 Å². The molecule has 0 amide bonds. The van der Waals surface area contributed by atoms with Crippen molar-refractivity contribution in [3.8, 4) is 220 Å². The Morgan fingerprint density at radius 1 is 0.614 bits per heavy atom. The van der Waals surface area contributed by atoms with Gasteiger partial charge in [0.15, 0.2) is 5.78 Å². The Balaban J connectivity index is 1.42. The van der Waals surface area contributed by atoms with Crippen LogP contribution < -0.4 is 9.64 Å². The monoisotopic (exact) mass is 889 g/mol. The molecule has 3 aliphatic rings. The number of terminal acetylenes is 2. The highest BCUT2D eigenvalue weighted by Crippen LogP contribution is 2.49. The van der Waals surface area contributed by atoms with Crippen LogP contribution in [0.25, 0.3) is 0 Å². The molecule has 2 atom stereocenters. The smallest absolute Gasteiger partial charge is 0.243 e. The maximum Gasteiger partial charge on any atom is 0.243 e. The van der Waals surface area contributed by atoms with Crippen LogP contribution in [-0.4, -0.2) is 40.7 Å². The highest BCUT2D eigenvalue weighted by molar-refractivity contribution is 6.14. The summed E-state index contributed by atoms with van der Waals surface area (Å²) in [5, 5.41) is 11.7. The average Bonchev–Trinajstić information content (AvgIpc) is 3.70. The van der Waals surface area contributed by atoms with Gasteiger partial charge in [0, 0.05) is 135 Å². The summed E-state index contributed by atoms with van der Waals surface area (Å²) in [6, 6.07) is 17.0. The summed E-state index contributed by atoms with van der Waals surface area (Å²) in [5.41, 5.74) is 3.71. The Bertz CT molecular complexity index is 3960. The van der Waals surface area contributed by atoms with Crippen LogP contribution in [0.3, 0.4) is 0 Å². The van der Waals surface area contributed by atoms with Gasteiger partial charge in [-0.2, -0.15) is 0 Å². The number of aliphatic hydroxyl groups excluding tert-OH is 1. The van der Waals surface area contributed by atoms with Crippen molar-refractivity contribution >= 4 is 29.2 Å². The highest BCUT2D eigenvalue weighted by atomic mass is 16.5. The summed E-state index contributed by atoms with van der Waals surface area (Å²) in [5.74, 6) is 80.3. The first-order valence-electron chi connectivity index (χ1n) is 20.4. The van der Waals surface area contributed by atoms with Gasteiger partial charge in [-0.25, -0.2) is 0 Å². The number of hydrogen-bond donors (Lipinski definition) is 1. The molecule has 0 spiro atoms. The summed E-state index contributed by atoms with van der Waals surface area (Å²) in [6.45, 7) is 7.92. The SMILES string of the molecule is C#CC#CC#CC#CC#CC#CC#CC#CC#CN1C(=CC2C(=O)C(=CC3=[N+](C#CC#CC#CC#CC#CC#CC#CC#CC#C)c4ccc(OC)cc4C3(C)C)C2O)C(C)(C)c2cc(C=O)ccc21. The van der Waals surface area contributed by atoms with E-state index < -0.39 is 22.9 Å². The molecule has 6 heteroatoms. The summed E-state index contributed by atoms with van der Waals surface area (Å²) in [4.78, 5) is 27.7. The van der Waals surface area contributed by atoms with E-state index in [1.807, 2.05) is 45.9 Å². The number of aliphatic hydroxyl groups is 1. The minimum absolute atomic E-state index is 0.209. The van der Waals surface area contributed by atoms with E-state index in [1.165, 1.54) is 0 Å². The maximum absolute atomic E-state index is 14.1. The van der Waals surface area contributed by atoms with Crippen molar-refractivity contribution in [2.45, 2.75) is 44.6 Å². The van der Waals surface area contributed by atoms with Crippen molar-refractivity contribution in [3.05, 3.63) is 76.5 Å². The van der Waals surface area contributed by atoms with Gasteiger partial charge in [0.25, 0.3) is 0 Å². The van der Waals surface area contributed by atoms with Crippen LogP contribution in [0.4, 0.5) is 11.4 Å². The first kappa shape index (κ1) is 49.6. The van der Waals surface area contributed by atoms with Gasteiger partial charge in [-0.1, -0.05) is 13.8 Å². The quantitative estimate of drug-likeness (QED) is 0.215. The third kappa shape index (κ3) is 12.4. The number of allylic oxidation sites excluding steroid dienone is 2. The second-order valence-electron chi connectivity index (χ2n) is 14.8. The molecular formula is C64H29N2O4+. The number of nitrogens with zero attached hydrogens (tertiary/aromatic N) is 2. The van der Waals surface area contributed by atoms with Crippen molar-refractivity contribution in [2.75, 3.05) is 12.0 Å². The summed E-state index contributed by atoms with van der Waals surface area (Å²) < 4.78 is 7.29. The van der Waals surface area contributed by atoms with Gasteiger partial charge in [0.2, 0.25) is 17.4 Å². The zero-order chi connectivity index (χ0) is 50.2. The first-order chi connectivity index (χ1) is 34.0. The van der Waals surface area contributed by atoms with Crippen LogP contribution in [0.1, 0.15) is 49.2 Å². The van der Waals surface area contributed by atoms with Gasteiger partial charge in [0.05, 0.1) is 36.2 Å². The molecule has 2 unspecified atom stereocenters. The van der Waals surface area contributed by atoms with Gasteiger partial charge in [-0.15, -0.1) is 17.4 Å². The summed E-state index contributed by atoms with van der Waals surface area (Å²) >= 11 is 0. The molecule has 1 aliphatic carbocycles. The normalized spacial score (nSPS) is 15.1. The molecule has 1 fully saturated rings. The molecule has 2 aromatic carbocycles. The highest BCUT2D eigenvalue weighted by Gasteiger charge is 2.51. The molecule has 5 rings (SSSR count). The number of anilines is 1. The van der Waals surface area contributed by atoms with Gasteiger partial charge < -0.3 is 9.84 Å². The third-order valence-corrected chi connectivity index (χ3v) is 10.1. The fourth-order valence-electron chi connectivity index (χ4n) is 6.80. The number of rotatable bonds is 4. The number of ketones is 1. The van der Waals surface area contributed by atoms with E-state index in [9.17, 15) is 14.7 Å². The molecule has 70 heavy (non-hydrogen) atoms. The summed E-state index contributed by atoms with van der Waals surface area (Å²) in [6.07, 6.45) is 13.0. The molecular weight excluding hydrogens is 861 g/mol. The topological polar surface area (TPSA) is 69.8 Å². The van der Waals surface area contributed by atoms with Gasteiger partial charge in [-0.05, 0) is 151 Å². The van der Waals surface area contributed by atoms with Crippen molar-refractivity contribution in [3.63, 3.8) is 0 Å². The molecule has 2 aromatic rings. The van der Waals surface area contributed by atoms with E-state index in [-0.39, 0.29) is 11.4 Å². The molecule has 318 valence electrons. The number of carbonyl (C=O) groups excluding carboxylic acids is 2. The minimum Gasteiger partial charge on any atom is -0.497 e. The Labute approximate surface area is 410 Å². The van der Waals surface area contributed by atoms with E-state index >= 15 is 0 Å². The van der Waals surface area contributed by atoms with Crippen LogP contribution in [0.2, 0.25) is 0 Å². The van der Waals surface area contributed by atoms with Crippen LogP contribution in [0, 0.1) is 220 Å². The first-order valence-corrected chi connectivity index (χ1v) is 20.4. The average molecular weight is 890 g/mol. The molecule has 2 aliphatic heterocycles. The van der Waals surface area contributed by atoms with Crippen molar-refractivity contribution in [2.24, 2.45) is 5.92 Å². The van der Waals surface area contributed by atoms with E-state index in [1.54, 1.807) is 46.9 Å². The van der Waals surface area contributed by atoms with Crippen LogP contribution in [-0.2, 0) is 15.6 Å². The molecule has 0 aromatic heterocycles. The second kappa shape index (κ2) is 24.6. The van der Waals surface area contributed by atoms with Crippen molar-refractivity contribution < 1.29 is 24.0 Å². The van der Waals surface area contributed by atoms with Crippen molar-refractivity contribution in [1.29, 1.82) is 0 Å². The zero-order valence-corrected chi connectivity index (χ0v) is 38.1. The van der Waals surface area contributed by atoms with Crippen LogP contribution in [0.15, 0.2) is 59.8 Å². The van der Waals surface area contributed by atoms with E-state index in [2.05, 4.69) is 202 Å². The Kier molecular flexibility index (Phi) is 17.4. The fourth-order valence-corrected chi connectivity index (χ4v) is 6.80. The third-order valence-electron chi connectivity index (χ3n) is 10.1. The minimum atomic E-state index is -1.17. The standard InChI is InChI=1S/C64H29N2O4/c1-8-10-12-14-16-18-20-22-24-26-28-30-32-34-36-38-44-65-57-42-40-51(50-67)46-55(57)63(3,4)59(65)48-53-61(68)54(62(53)69)49-60-64(5,6)56-47-52(70-7)41-43-58(56)66(60)45-39-37-35-33-31-29-27-25-23-21-19-17-15-13-11-9-2/h1-2,40-43,46-50,53,61,68H,3-7H3/q+1. The molecule has 2 heterocycles. The molecule has 1 N–H and O–H groups in total. The predicted octanol–water partition coefficient (Wildman–Crippen LogP) is 4.29. The predicted molar refractivity (Wildman–Crippen MR) is 271 cm³/mol.